The van der Waals surface area contributed by atoms with E-state index in [4.69, 9.17) is 19.4 Å². The van der Waals surface area contributed by atoms with Gasteiger partial charge in [-0.1, -0.05) is 175 Å². The zero-order valence-electron chi connectivity index (χ0n) is 40.6. The summed E-state index contributed by atoms with van der Waals surface area (Å²) in [6.45, 7) is 10.6. The molecule has 4 nitrogen and oxygen atoms in total. The van der Waals surface area contributed by atoms with E-state index >= 15 is 0 Å². The Morgan fingerprint density at radius 3 is 1.11 bits per heavy atom. The van der Waals surface area contributed by atoms with Crippen LogP contribution >= 0.6 is 0 Å². The summed E-state index contributed by atoms with van der Waals surface area (Å²) in [5.74, 6) is 5.77. The van der Waals surface area contributed by atoms with Crippen LogP contribution in [-0.4, -0.2) is 23.2 Å². The molecule has 6 rings (SSSR count). The zero-order valence-corrected chi connectivity index (χ0v) is 40.6. The summed E-state index contributed by atoms with van der Waals surface area (Å²) in [6, 6.07) is 25.6. The van der Waals surface area contributed by atoms with Crippen molar-refractivity contribution in [1.29, 1.82) is 0 Å². The number of hydrogen-bond acceptors (Lipinski definition) is 4. The van der Waals surface area contributed by atoms with Crippen molar-refractivity contribution in [1.82, 2.24) is 9.97 Å². The molecule has 2 aliphatic rings. The number of aryl methyl sites for hydroxylation is 2. The topological polar surface area (TPSA) is 44.2 Å². The van der Waals surface area contributed by atoms with Crippen LogP contribution in [0, 0.1) is 23.7 Å². The van der Waals surface area contributed by atoms with Gasteiger partial charge in [0.1, 0.15) is 11.5 Å². The molecule has 346 valence electrons. The summed E-state index contributed by atoms with van der Waals surface area (Å²) >= 11 is 0. The number of unbranched alkanes of at least 4 members (excludes halogenated alkanes) is 9. The molecule has 0 atom stereocenters. The van der Waals surface area contributed by atoms with Crippen LogP contribution in [0.25, 0.3) is 22.5 Å². The lowest BCUT2D eigenvalue weighted by Crippen LogP contribution is -2.15. The highest BCUT2D eigenvalue weighted by atomic mass is 16.5. The van der Waals surface area contributed by atoms with E-state index in [0.29, 0.717) is 0 Å². The van der Waals surface area contributed by atoms with Crippen molar-refractivity contribution in [2.24, 2.45) is 23.7 Å². The normalized spacial score (nSPS) is 18.7. The predicted molar refractivity (Wildman–Crippen MR) is 270 cm³/mol. The minimum absolute atomic E-state index is 0.795. The van der Waals surface area contributed by atoms with E-state index in [1.165, 1.54) is 165 Å². The van der Waals surface area contributed by atoms with E-state index in [0.717, 1.165) is 90.2 Å². The summed E-state index contributed by atoms with van der Waals surface area (Å²) in [5, 5.41) is 0. The van der Waals surface area contributed by atoms with Crippen molar-refractivity contribution in [3.05, 3.63) is 96.3 Å². The van der Waals surface area contributed by atoms with Gasteiger partial charge in [-0.15, -0.1) is 0 Å². The Kier molecular flexibility index (Phi) is 24.3. The molecule has 2 fully saturated rings. The number of nitrogens with zero attached hydrogens (tertiary/aromatic N) is 2. The molecule has 0 saturated heterocycles. The maximum atomic E-state index is 5.82. The predicted octanol–water partition coefficient (Wildman–Crippen LogP) is 17.7. The van der Waals surface area contributed by atoms with Crippen molar-refractivity contribution < 1.29 is 9.47 Å². The Balaban J connectivity index is 0.000000238. The van der Waals surface area contributed by atoms with Crippen LogP contribution in [0.4, 0.5) is 0 Å². The maximum Gasteiger partial charge on any atom is 0.119 e. The van der Waals surface area contributed by atoms with Gasteiger partial charge < -0.3 is 9.47 Å². The van der Waals surface area contributed by atoms with Gasteiger partial charge in [-0.2, -0.15) is 0 Å². The summed E-state index contributed by atoms with van der Waals surface area (Å²) in [6.07, 6.45) is 40.9. The Labute approximate surface area is 386 Å². The molecule has 2 aromatic heterocycles. The third-order valence-corrected chi connectivity index (χ3v) is 14.3. The highest BCUT2D eigenvalue weighted by Gasteiger charge is 2.22. The first-order chi connectivity index (χ1) is 31.1. The van der Waals surface area contributed by atoms with Crippen LogP contribution in [0.3, 0.4) is 0 Å². The van der Waals surface area contributed by atoms with Crippen molar-refractivity contribution in [2.45, 2.75) is 201 Å². The highest BCUT2D eigenvalue weighted by molar-refractivity contribution is 5.61. The molecule has 2 aliphatic carbocycles. The van der Waals surface area contributed by atoms with Gasteiger partial charge in [0.2, 0.25) is 0 Å². The number of aromatic nitrogens is 2. The first-order valence-electron chi connectivity index (χ1n) is 26.4. The van der Waals surface area contributed by atoms with Crippen molar-refractivity contribution >= 4 is 0 Å². The zero-order chi connectivity index (χ0) is 44.2. The average molecular weight is 857 g/mol. The fourth-order valence-corrected chi connectivity index (χ4v) is 9.89. The van der Waals surface area contributed by atoms with E-state index < -0.39 is 0 Å². The molecule has 0 spiro atoms. The smallest absolute Gasteiger partial charge is 0.119 e. The van der Waals surface area contributed by atoms with Crippen LogP contribution in [0.2, 0.25) is 0 Å². The van der Waals surface area contributed by atoms with E-state index in [-0.39, 0.29) is 0 Å². The number of ether oxygens (including phenoxy) is 2. The first-order valence-corrected chi connectivity index (χ1v) is 26.4. The van der Waals surface area contributed by atoms with Crippen molar-refractivity contribution in [3.8, 4) is 34.0 Å². The van der Waals surface area contributed by atoms with Crippen LogP contribution in [0.15, 0.2) is 85.2 Å². The second kappa shape index (κ2) is 30.5. The summed E-state index contributed by atoms with van der Waals surface area (Å²) < 4.78 is 11.6. The molecule has 4 aromatic rings. The quantitative estimate of drug-likeness (QED) is 0.0561. The van der Waals surface area contributed by atoms with Crippen LogP contribution in [0.5, 0.6) is 11.5 Å². The summed E-state index contributed by atoms with van der Waals surface area (Å²) in [5.41, 5.74) is 7.18. The van der Waals surface area contributed by atoms with Gasteiger partial charge in [0.05, 0.1) is 24.6 Å². The number of hydrogen-bond donors (Lipinski definition) is 0. The van der Waals surface area contributed by atoms with Crippen LogP contribution < -0.4 is 9.47 Å². The molecule has 0 unspecified atom stereocenters. The Hall–Kier alpha value is -3.66. The molecule has 63 heavy (non-hydrogen) atoms. The first kappa shape index (κ1) is 50.3. The number of rotatable bonds is 27. The summed E-state index contributed by atoms with van der Waals surface area (Å²) in [4.78, 5) is 9.49. The largest absolute Gasteiger partial charge is 0.494 e. The van der Waals surface area contributed by atoms with Gasteiger partial charge in [0.25, 0.3) is 0 Å². The fraction of sp³-hybridized carbons (Fsp3) is 0.627. The highest BCUT2D eigenvalue weighted by Crippen LogP contribution is 2.36. The molecule has 0 aliphatic heterocycles. The van der Waals surface area contributed by atoms with Gasteiger partial charge >= 0.3 is 0 Å². The molecule has 2 saturated carbocycles. The van der Waals surface area contributed by atoms with Gasteiger partial charge in [-0.25, -0.2) is 0 Å². The van der Waals surface area contributed by atoms with Gasteiger partial charge in [-0.3, -0.25) is 9.97 Å². The standard InChI is InChI=1S/C30H45NO.C29H43NO/c1-3-5-7-8-10-25-11-13-26(14-12-25)15-16-27-17-22-30(31-24-27)28-18-20-29(21-19-28)32-23-9-6-4-2;1-3-5-7-8-9-24-10-12-25(13-11-24)14-15-26-16-21-29(30-23-26)27-17-19-28(20-18-27)31-22-6-4-2/h17-22,24-26H,3-16,23H2,1-2H3;16-21,23-25H,3-15,22H2,1-2H3. The molecule has 0 bridgehead atoms. The maximum absolute atomic E-state index is 5.82. The van der Waals surface area contributed by atoms with Gasteiger partial charge in [0.15, 0.2) is 0 Å². The van der Waals surface area contributed by atoms with Crippen LogP contribution in [0.1, 0.15) is 199 Å². The molecular weight excluding hydrogens is 769 g/mol. The minimum atomic E-state index is 0.795. The third-order valence-electron chi connectivity index (χ3n) is 14.3. The molecule has 0 N–H and O–H groups in total. The lowest BCUT2D eigenvalue weighted by atomic mass is 9.78. The van der Waals surface area contributed by atoms with Crippen molar-refractivity contribution in [3.63, 3.8) is 0 Å². The molecule has 2 heterocycles. The van der Waals surface area contributed by atoms with Gasteiger partial charge in [-0.05, 0) is 134 Å². The third kappa shape index (κ3) is 19.5. The Bertz CT molecular complexity index is 1700. The molecule has 4 heteroatoms. The fourth-order valence-electron chi connectivity index (χ4n) is 9.89. The average Bonchev–Trinajstić information content (AvgIpc) is 3.34. The lowest BCUT2D eigenvalue weighted by molar-refractivity contribution is 0.249. The van der Waals surface area contributed by atoms with E-state index in [2.05, 4.69) is 113 Å². The van der Waals surface area contributed by atoms with E-state index in [1.54, 1.807) is 0 Å². The second-order valence-corrected chi connectivity index (χ2v) is 19.5. The molecule has 2 aromatic carbocycles. The van der Waals surface area contributed by atoms with Crippen LogP contribution in [-0.2, 0) is 12.8 Å². The van der Waals surface area contributed by atoms with Crippen molar-refractivity contribution in [2.75, 3.05) is 13.2 Å². The Morgan fingerprint density at radius 1 is 0.381 bits per heavy atom. The molecular formula is C59H88N2O2. The number of pyridine rings is 2. The molecule has 0 amide bonds. The summed E-state index contributed by atoms with van der Waals surface area (Å²) in [7, 11) is 0. The number of benzene rings is 2. The monoisotopic (exact) mass is 857 g/mol. The second-order valence-electron chi connectivity index (χ2n) is 19.5. The van der Waals surface area contributed by atoms with Gasteiger partial charge in [0, 0.05) is 23.5 Å². The molecule has 0 radical (unpaired) electrons. The lowest BCUT2D eigenvalue weighted by Gasteiger charge is -2.28. The minimum Gasteiger partial charge on any atom is -0.494 e. The Morgan fingerprint density at radius 2 is 0.746 bits per heavy atom. The SMILES string of the molecule is CCCCCCC1CCC(CCc2ccc(-c3ccc(OCCCC)cc3)nc2)CC1.CCCCCCC1CCC(CCc2ccc(-c3ccc(OCCCCC)cc3)nc2)CC1. The van der Waals surface area contributed by atoms with E-state index in [1.807, 2.05) is 0 Å². The van der Waals surface area contributed by atoms with E-state index in [9.17, 15) is 0 Å².